The molecule has 0 N–H and O–H groups in total. The number of sulfone groups is 1. The normalized spacial score (nSPS) is 11.2. The van der Waals surface area contributed by atoms with Crippen LogP contribution in [-0.4, -0.2) is 24.6 Å². The summed E-state index contributed by atoms with van der Waals surface area (Å²) in [6.45, 7) is 0. The van der Waals surface area contributed by atoms with Crippen molar-refractivity contribution in [2.24, 2.45) is 0 Å². The molecule has 0 spiro atoms. The zero-order valence-electron chi connectivity index (χ0n) is 9.98. The van der Waals surface area contributed by atoms with Crippen LogP contribution in [0.2, 0.25) is 0 Å². The van der Waals surface area contributed by atoms with Gasteiger partial charge in [0, 0.05) is 24.1 Å². The van der Waals surface area contributed by atoms with E-state index < -0.39 is 14.8 Å². The standard InChI is InChI=1S/C12H10N2O4S/c1-19(17,18)10-5-2-4-9(8-10)12-11(14(15)16)6-3-7-13-12/h2-8H,1H3. The molecular weight excluding hydrogens is 268 g/mol. The van der Waals surface area contributed by atoms with E-state index >= 15 is 0 Å². The topological polar surface area (TPSA) is 90.2 Å². The van der Waals surface area contributed by atoms with E-state index in [0.717, 1.165) is 6.26 Å². The molecule has 1 aromatic carbocycles. The summed E-state index contributed by atoms with van der Waals surface area (Å²) >= 11 is 0. The molecule has 0 bridgehead atoms. The van der Waals surface area contributed by atoms with Crippen LogP contribution in [0.25, 0.3) is 11.3 Å². The van der Waals surface area contributed by atoms with Gasteiger partial charge < -0.3 is 0 Å². The van der Waals surface area contributed by atoms with Crippen LogP contribution in [0.5, 0.6) is 0 Å². The summed E-state index contributed by atoms with van der Waals surface area (Å²) in [4.78, 5) is 14.4. The summed E-state index contributed by atoms with van der Waals surface area (Å²) in [5, 5.41) is 10.9. The Hall–Kier alpha value is -2.28. The largest absolute Gasteiger partial charge is 0.295 e. The molecular formula is C12H10N2O4S. The molecule has 2 rings (SSSR count). The van der Waals surface area contributed by atoms with Crippen molar-refractivity contribution >= 4 is 15.5 Å². The van der Waals surface area contributed by atoms with Gasteiger partial charge in [-0.25, -0.2) is 13.4 Å². The Balaban J connectivity index is 2.64. The Morgan fingerprint density at radius 2 is 1.95 bits per heavy atom. The van der Waals surface area contributed by atoms with Crippen molar-refractivity contribution in [2.75, 3.05) is 6.26 Å². The molecule has 0 saturated carbocycles. The minimum atomic E-state index is -3.36. The summed E-state index contributed by atoms with van der Waals surface area (Å²) in [5.41, 5.74) is 0.390. The highest BCUT2D eigenvalue weighted by atomic mass is 32.2. The third-order valence-electron chi connectivity index (χ3n) is 2.52. The van der Waals surface area contributed by atoms with Crippen LogP contribution in [-0.2, 0) is 9.84 Å². The van der Waals surface area contributed by atoms with E-state index in [9.17, 15) is 18.5 Å². The molecule has 0 unspecified atom stereocenters. The number of nitro groups is 1. The number of rotatable bonds is 3. The monoisotopic (exact) mass is 278 g/mol. The van der Waals surface area contributed by atoms with Gasteiger partial charge in [0.15, 0.2) is 9.84 Å². The van der Waals surface area contributed by atoms with Gasteiger partial charge in [-0.2, -0.15) is 0 Å². The molecule has 1 aromatic heterocycles. The fraction of sp³-hybridized carbons (Fsp3) is 0.0833. The number of hydrogen-bond acceptors (Lipinski definition) is 5. The maximum absolute atomic E-state index is 11.5. The third kappa shape index (κ3) is 2.76. The molecule has 0 aliphatic carbocycles. The zero-order valence-corrected chi connectivity index (χ0v) is 10.8. The Bertz CT molecular complexity index is 741. The molecule has 0 amide bonds. The molecule has 0 aliphatic heterocycles. The highest BCUT2D eigenvalue weighted by Gasteiger charge is 2.17. The molecule has 0 atom stereocenters. The lowest BCUT2D eigenvalue weighted by atomic mass is 10.1. The average molecular weight is 278 g/mol. The van der Waals surface area contributed by atoms with Crippen molar-refractivity contribution in [3.8, 4) is 11.3 Å². The first kappa shape index (κ1) is 13.2. The summed E-state index contributed by atoms with van der Waals surface area (Å²) < 4.78 is 23.0. The van der Waals surface area contributed by atoms with Crippen molar-refractivity contribution in [2.45, 2.75) is 4.90 Å². The number of aromatic nitrogens is 1. The van der Waals surface area contributed by atoms with Crippen molar-refractivity contribution in [1.29, 1.82) is 0 Å². The Kier molecular flexibility index (Phi) is 3.30. The van der Waals surface area contributed by atoms with E-state index in [1.54, 1.807) is 6.07 Å². The van der Waals surface area contributed by atoms with E-state index in [4.69, 9.17) is 0 Å². The van der Waals surface area contributed by atoms with Crippen LogP contribution in [0.4, 0.5) is 5.69 Å². The Labute approximate surface area is 109 Å². The summed E-state index contributed by atoms with van der Waals surface area (Å²) in [5.74, 6) is 0. The summed E-state index contributed by atoms with van der Waals surface area (Å²) in [7, 11) is -3.36. The number of benzene rings is 1. The average Bonchev–Trinajstić information content (AvgIpc) is 2.38. The van der Waals surface area contributed by atoms with Gasteiger partial charge in [-0.15, -0.1) is 0 Å². The van der Waals surface area contributed by atoms with Crippen molar-refractivity contribution in [1.82, 2.24) is 4.98 Å². The fourth-order valence-corrected chi connectivity index (χ4v) is 2.31. The first-order chi connectivity index (χ1) is 8.89. The maximum atomic E-state index is 11.5. The first-order valence-electron chi connectivity index (χ1n) is 5.29. The number of pyridine rings is 1. The van der Waals surface area contributed by atoms with E-state index in [1.165, 1.54) is 36.5 Å². The summed E-state index contributed by atoms with van der Waals surface area (Å²) in [6, 6.07) is 8.73. The molecule has 2 aromatic rings. The molecule has 19 heavy (non-hydrogen) atoms. The van der Waals surface area contributed by atoms with Crippen LogP contribution in [0.15, 0.2) is 47.5 Å². The molecule has 0 radical (unpaired) electrons. The van der Waals surface area contributed by atoms with Crippen LogP contribution >= 0.6 is 0 Å². The quantitative estimate of drug-likeness (QED) is 0.633. The second-order valence-electron chi connectivity index (χ2n) is 3.93. The van der Waals surface area contributed by atoms with E-state index in [-0.39, 0.29) is 16.3 Å². The van der Waals surface area contributed by atoms with Gasteiger partial charge in [0.25, 0.3) is 5.69 Å². The lowest BCUT2D eigenvalue weighted by Crippen LogP contribution is -1.98. The predicted octanol–water partition coefficient (Wildman–Crippen LogP) is 2.06. The number of nitrogens with zero attached hydrogens (tertiary/aromatic N) is 2. The van der Waals surface area contributed by atoms with Gasteiger partial charge in [-0.3, -0.25) is 10.1 Å². The molecule has 1 heterocycles. The van der Waals surface area contributed by atoms with E-state index in [0.29, 0.717) is 5.56 Å². The summed E-state index contributed by atoms with van der Waals surface area (Å²) in [6.07, 6.45) is 2.51. The van der Waals surface area contributed by atoms with Gasteiger partial charge >= 0.3 is 0 Å². The fourth-order valence-electron chi connectivity index (χ4n) is 1.64. The van der Waals surface area contributed by atoms with E-state index in [1.807, 2.05) is 0 Å². The van der Waals surface area contributed by atoms with Crippen LogP contribution in [0.1, 0.15) is 0 Å². The highest BCUT2D eigenvalue weighted by Crippen LogP contribution is 2.28. The Morgan fingerprint density at radius 3 is 2.58 bits per heavy atom. The lowest BCUT2D eigenvalue weighted by Gasteiger charge is -2.04. The SMILES string of the molecule is CS(=O)(=O)c1cccc(-c2ncccc2[N+](=O)[O-])c1. The van der Waals surface area contributed by atoms with Crippen molar-refractivity contribution in [3.05, 3.63) is 52.7 Å². The third-order valence-corrected chi connectivity index (χ3v) is 3.63. The van der Waals surface area contributed by atoms with E-state index in [2.05, 4.69) is 4.98 Å². The Morgan fingerprint density at radius 1 is 1.21 bits per heavy atom. The van der Waals surface area contributed by atoms with Crippen LogP contribution < -0.4 is 0 Å². The first-order valence-corrected chi connectivity index (χ1v) is 7.18. The molecule has 0 aliphatic rings. The van der Waals surface area contributed by atoms with Gasteiger partial charge in [-0.05, 0) is 18.2 Å². The molecule has 0 fully saturated rings. The maximum Gasteiger partial charge on any atom is 0.295 e. The smallest absolute Gasteiger partial charge is 0.258 e. The van der Waals surface area contributed by atoms with Gasteiger partial charge in [0.05, 0.1) is 9.82 Å². The second-order valence-corrected chi connectivity index (χ2v) is 5.94. The lowest BCUT2D eigenvalue weighted by molar-refractivity contribution is -0.384. The minimum Gasteiger partial charge on any atom is -0.258 e. The van der Waals surface area contributed by atoms with Crippen LogP contribution in [0.3, 0.4) is 0 Å². The highest BCUT2D eigenvalue weighted by molar-refractivity contribution is 7.90. The second kappa shape index (κ2) is 4.77. The minimum absolute atomic E-state index is 0.102. The molecule has 6 nitrogen and oxygen atoms in total. The van der Waals surface area contributed by atoms with Crippen LogP contribution in [0, 0.1) is 10.1 Å². The zero-order chi connectivity index (χ0) is 14.0. The van der Waals surface area contributed by atoms with Crippen molar-refractivity contribution in [3.63, 3.8) is 0 Å². The molecule has 0 saturated heterocycles. The number of hydrogen-bond donors (Lipinski definition) is 0. The van der Waals surface area contributed by atoms with Gasteiger partial charge in [0.1, 0.15) is 5.69 Å². The molecule has 7 heteroatoms. The predicted molar refractivity (Wildman–Crippen MR) is 69.4 cm³/mol. The molecule has 98 valence electrons. The van der Waals surface area contributed by atoms with Gasteiger partial charge in [-0.1, -0.05) is 12.1 Å². The van der Waals surface area contributed by atoms with Gasteiger partial charge in [0.2, 0.25) is 0 Å². The van der Waals surface area contributed by atoms with Crippen molar-refractivity contribution < 1.29 is 13.3 Å².